The van der Waals surface area contributed by atoms with Crippen LogP contribution in [0.25, 0.3) is 0 Å². The van der Waals surface area contributed by atoms with Crippen LogP contribution in [0.2, 0.25) is 0 Å². The molecule has 0 aliphatic carbocycles. The molecule has 110 valence electrons. The first-order valence-corrected chi connectivity index (χ1v) is 8.13. The summed E-state index contributed by atoms with van der Waals surface area (Å²) in [5.74, 6) is -1.20. The van der Waals surface area contributed by atoms with E-state index in [9.17, 15) is 13.2 Å². The first kappa shape index (κ1) is 15.0. The Kier molecular flexibility index (Phi) is 4.15. The van der Waals surface area contributed by atoms with Crippen LogP contribution in [0.1, 0.15) is 24.0 Å². The lowest BCUT2D eigenvalue weighted by Gasteiger charge is -2.13. The third-order valence-corrected chi connectivity index (χ3v) is 5.39. The van der Waals surface area contributed by atoms with E-state index >= 15 is 0 Å². The zero-order valence-corrected chi connectivity index (χ0v) is 12.3. The van der Waals surface area contributed by atoms with E-state index in [1.165, 1.54) is 0 Å². The average Bonchev–Trinajstić information content (AvgIpc) is 2.76. The highest BCUT2D eigenvalue weighted by atomic mass is 32.2. The molecule has 2 unspecified atom stereocenters. The van der Waals surface area contributed by atoms with Crippen molar-refractivity contribution < 1.29 is 23.1 Å². The molecule has 1 saturated heterocycles. The molecule has 0 aromatic heterocycles. The molecule has 0 radical (unpaired) electrons. The van der Waals surface area contributed by atoms with Gasteiger partial charge < -0.3 is 9.84 Å². The van der Waals surface area contributed by atoms with Crippen LogP contribution in [0.5, 0.6) is 0 Å². The van der Waals surface area contributed by atoms with Crippen molar-refractivity contribution in [3.05, 3.63) is 29.3 Å². The number of aliphatic carboxylic acids is 1. The number of sulfone groups is 1. The molecule has 0 bridgehead atoms. The molecule has 1 N–H and O–H groups in total. The molecule has 0 amide bonds. The highest BCUT2D eigenvalue weighted by Crippen LogP contribution is 2.25. The number of aryl methyl sites for hydroxylation is 2. The van der Waals surface area contributed by atoms with Gasteiger partial charge in [-0.25, -0.2) is 13.2 Å². The van der Waals surface area contributed by atoms with Gasteiger partial charge in [-0.05, 0) is 38.3 Å². The third kappa shape index (κ3) is 3.19. The standard InChI is InChI=1S/C14H18O5S/c1-9-3-6-13(10(2)7-9)20(17,18)8-11-4-5-12(19-11)14(15)16/h3,6-7,11-12H,4-5,8H2,1-2H3,(H,15,16). The maximum Gasteiger partial charge on any atom is 0.332 e. The minimum absolute atomic E-state index is 0.166. The second-order valence-corrected chi connectivity index (χ2v) is 7.22. The molecule has 2 atom stereocenters. The Morgan fingerprint density at radius 2 is 2.05 bits per heavy atom. The van der Waals surface area contributed by atoms with Crippen LogP contribution in [-0.4, -0.2) is 37.5 Å². The summed E-state index contributed by atoms with van der Waals surface area (Å²) in [5.41, 5.74) is 1.71. The van der Waals surface area contributed by atoms with Gasteiger partial charge in [0, 0.05) is 0 Å². The summed E-state index contributed by atoms with van der Waals surface area (Å²) in [5, 5.41) is 8.85. The molecule has 0 saturated carbocycles. The SMILES string of the molecule is Cc1ccc(S(=O)(=O)CC2CCC(C(=O)O)O2)c(C)c1. The first-order chi connectivity index (χ1) is 9.29. The zero-order valence-electron chi connectivity index (χ0n) is 11.5. The largest absolute Gasteiger partial charge is 0.479 e. The molecular weight excluding hydrogens is 280 g/mol. The summed E-state index contributed by atoms with van der Waals surface area (Å²) in [6.07, 6.45) is -0.597. The lowest BCUT2D eigenvalue weighted by atomic mass is 10.2. The van der Waals surface area contributed by atoms with Gasteiger partial charge in [0.1, 0.15) is 0 Å². The Labute approximate surface area is 118 Å². The molecule has 1 aliphatic rings. The molecular formula is C14H18O5S. The van der Waals surface area contributed by atoms with E-state index in [1.54, 1.807) is 19.1 Å². The minimum Gasteiger partial charge on any atom is -0.479 e. The summed E-state index contributed by atoms with van der Waals surface area (Å²) >= 11 is 0. The number of hydrogen-bond acceptors (Lipinski definition) is 4. The lowest BCUT2D eigenvalue weighted by molar-refractivity contribution is -0.148. The van der Waals surface area contributed by atoms with Crippen molar-refractivity contribution in [2.75, 3.05) is 5.75 Å². The molecule has 2 rings (SSSR count). The maximum absolute atomic E-state index is 12.4. The van der Waals surface area contributed by atoms with Crippen molar-refractivity contribution in [2.24, 2.45) is 0 Å². The molecule has 1 fully saturated rings. The van der Waals surface area contributed by atoms with Crippen molar-refractivity contribution in [2.45, 2.75) is 43.8 Å². The highest BCUT2D eigenvalue weighted by Gasteiger charge is 2.34. The number of benzene rings is 1. The van der Waals surface area contributed by atoms with Gasteiger partial charge in [-0.1, -0.05) is 17.7 Å². The molecule has 1 heterocycles. The molecule has 1 aliphatic heterocycles. The van der Waals surface area contributed by atoms with E-state index in [2.05, 4.69) is 0 Å². The molecule has 1 aromatic rings. The molecule has 6 heteroatoms. The van der Waals surface area contributed by atoms with Crippen molar-refractivity contribution >= 4 is 15.8 Å². The van der Waals surface area contributed by atoms with Crippen LogP contribution in [0.15, 0.2) is 23.1 Å². The summed E-state index contributed by atoms with van der Waals surface area (Å²) in [6, 6.07) is 5.18. The van der Waals surface area contributed by atoms with E-state index < -0.39 is 28.0 Å². The monoisotopic (exact) mass is 298 g/mol. The number of carboxylic acids is 1. The van der Waals surface area contributed by atoms with Gasteiger partial charge in [0.15, 0.2) is 15.9 Å². The van der Waals surface area contributed by atoms with Gasteiger partial charge >= 0.3 is 5.97 Å². The van der Waals surface area contributed by atoms with Gasteiger partial charge in [0.25, 0.3) is 0 Å². The van der Waals surface area contributed by atoms with E-state index in [4.69, 9.17) is 9.84 Å². The number of carboxylic acid groups (broad SMARTS) is 1. The fraction of sp³-hybridized carbons (Fsp3) is 0.500. The highest BCUT2D eigenvalue weighted by molar-refractivity contribution is 7.91. The number of ether oxygens (including phenoxy) is 1. The summed E-state index contributed by atoms with van der Waals surface area (Å²) < 4.78 is 30.0. The van der Waals surface area contributed by atoms with Crippen LogP contribution >= 0.6 is 0 Å². The molecule has 5 nitrogen and oxygen atoms in total. The van der Waals surface area contributed by atoms with Crippen LogP contribution in [0.4, 0.5) is 0 Å². The predicted molar refractivity (Wildman–Crippen MR) is 73.5 cm³/mol. The minimum atomic E-state index is -3.46. The van der Waals surface area contributed by atoms with Crippen molar-refractivity contribution in [1.29, 1.82) is 0 Å². The van der Waals surface area contributed by atoms with Crippen LogP contribution in [0.3, 0.4) is 0 Å². The smallest absolute Gasteiger partial charge is 0.332 e. The Hall–Kier alpha value is -1.40. The summed E-state index contributed by atoms with van der Waals surface area (Å²) in [4.78, 5) is 11.1. The van der Waals surface area contributed by atoms with Gasteiger partial charge in [-0.3, -0.25) is 0 Å². The molecule has 1 aromatic carbocycles. The van der Waals surface area contributed by atoms with E-state index in [1.807, 2.05) is 13.0 Å². The first-order valence-electron chi connectivity index (χ1n) is 6.48. The fourth-order valence-corrected chi connectivity index (χ4v) is 4.23. The van der Waals surface area contributed by atoms with Gasteiger partial charge in [0.2, 0.25) is 0 Å². The summed E-state index contributed by atoms with van der Waals surface area (Å²) in [6.45, 7) is 3.66. The van der Waals surface area contributed by atoms with E-state index in [0.717, 1.165) is 5.56 Å². The number of carbonyl (C=O) groups is 1. The van der Waals surface area contributed by atoms with Crippen molar-refractivity contribution in [3.63, 3.8) is 0 Å². The number of rotatable bonds is 4. The van der Waals surface area contributed by atoms with Gasteiger partial charge in [-0.15, -0.1) is 0 Å². The quantitative estimate of drug-likeness (QED) is 0.915. The normalized spacial score (nSPS) is 22.9. The Balaban J connectivity index is 2.14. The molecule has 20 heavy (non-hydrogen) atoms. The Morgan fingerprint density at radius 1 is 1.35 bits per heavy atom. The van der Waals surface area contributed by atoms with E-state index in [0.29, 0.717) is 23.3 Å². The van der Waals surface area contributed by atoms with Crippen LogP contribution in [-0.2, 0) is 19.4 Å². The molecule has 0 spiro atoms. The zero-order chi connectivity index (χ0) is 14.9. The maximum atomic E-state index is 12.4. The van der Waals surface area contributed by atoms with Crippen molar-refractivity contribution in [3.8, 4) is 0 Å². The third-order valence-electron chi connectivity index (χ3n) is 3.45. The average molecular weight is 298 g/mol. The van der Waals surface area contributed by atoms with Crippen LogP contribution in [0, 0.1) is 13.8 Å². The van der Waals surface area contributed by atoms with Crippen LogP contribution < -0.4 is 0 Å². The van der Waals surface area contributed by atoms with E-state index in [-0.39, 0.29) is 5.75 Å². The van der Waals surface area contributed by atoms with Crippen molar-refractivity contribution in [1.82, 2.24) is 0 Å². The summed E-state index contributed by atoms with van der Waals surface area (Å²) in [7, 11) is -3.46. The second kappa shape index (κ2) is 5.54. The second-order valence-electron chi connectivity index (χ2n) is 5.21. The Morgan fingerprint density at radius 3 is 2.60 bits per heavy atom. The number of hydrogen-bond donors (Lipinski definition) is 1. The Bertz CT molecular complexity index is 620. The van der Waals surface area contributed by atoms with Gasteiger partial charge in [-0.2, -0.15) is 0 Å². The lowest BCUT2D eigenvalue weighted by Crippen LogP contribution is -2.25. The fourth-order valence-electron chi connectivity index (χ4n) is 2.49. The topological polar surface area (TPSA) is 80.7 Å². The predicted octanol–water partition coefficient (Wildman–Crippen LogP) is 1.71. The van der Waals surface area contributed by atoms with Gasteiger partial charge in [0.05, 0.1) is 16.8 Å².